The van der Waals surface area contributed by atoms with Crippen LogP contribution < -0.4 is 5.32 Å². The number of hydrogen-bond acceptors (Lipinski definition) is 8. The quantitative estimate of drug-likeness (QED) is 0.436. The van der Waals surface area contributed by atoms with Gasteiger partial charge in [0, 0.05) is 28.9 Å². The van der Waals surface area contributed by atoms with Crippen LogP contribution in [0.1, 0.15) is 70.7 Å². The number of alkyl halides is 1. The average molecular weight is 624 g/mol. The fraction of sp³-hybridized carbons (Fsp3) is 0.600. The van der Waals surface area contributed by atoms with E-state index in [1.807, 2.05) is 6.92 Å². The van der Waals surface area contributed by atoms with Gasteiger partial charge in [-0.3, -0.25) is 19.2 Å². The van der Waals surface area contributed by atoms with Gasteiger partial charge >= 0.3 is 5.97 Å². The molecule has 1 saturated heterocycles. The highest BCUT2D eigenvalue weighted by molar-refractivity contribution is 6.01. The van der Waals surface area contributed by atoms with Crippen molar-refractivity contribution in [3.63, 3.8) is 0 Å². The highest BCUT2D eigenvalue weighted by Gasteiger charge is 2.80. The van der Waals surface area contributed by atoms with Crippen LogP contribution in [-0.4, -0.2) is 71.0 Å². The Morgan fingerprint density at radius 1 is 1.13 bits per heavy atom. The number of benzene rings is 1. The number of fused-ring (bicyclic) bond motifs is 7. The maximum Gasteiger partial charge on any atom is 0.310 e. The second kappa shape index (κ2) is 10.7. The van der Waals surface area contributed by atoms with E-state index in [2.05, 4.69) is 5.32 Å². The Hall–Kier alpha value is -3.21. The number of aliphatic hydroxyl groups excluding tert-OH is 1. The van der Waals surface area contributed by atoms with Crippen LogP contribution in [0.5, 0.6) is 0 Å². The van der Waals surface area contributed by atoms with Crippen molar-refractivity contribution in [3.8, 4) is 0 Å². The lowest BCUT2D eigenvalue weighted by Crippen LogP contribution is -2.70. The SMILES string of the molecule is C[C@H](CNC(=O)c1ccccc1)C(=O)OCC(=O)[C@@]12OC(C)(C)O[C@@H]1C[C@H]1[C@@H]3CCC4=CC(=O)C=C[C@]4(C)[C@@]3(F)[C@@H](O)C[C@@]12C. The molecule has 9 nitrogen and oxygen atoms in total. The van der Waals surface area contributed by atoms with Crippen LogP contribution in [0.4, 0.5) is 4.39 Å². The first-order valence-corrected chi connectivity index (χ1v) is 15.8. The van der Waals surface area contributed by atoms with Gasteiger partial charge in [-0.15, -0.1) is 0 Å². The molecule has 0 spiro atoms. The number of amides is 1. The normalized spacial score (nSPS) is 39.9. The zero-order chi connectivity index (χ0) is 32.6. The lowest BCUT2D eigenvalue weighted by molar-refractivity contribution is -0.246. The molecule has 3 saturated carbocycles. The number of carbonyl (C=O) groups is 4. The molecule has 1 aliphatic heterocycles. The van der Waals surface area contributed by atoms with E-state index < -0.39 is 70.3 Å². The van der Waals surface area contributed by atoms with Crippen molar-refractivity contribution in [1.82, 2.24) is 5.32 Å². The third kappa shape index (κ3) is 4.58. The molecule has 6 rings (SSSR count). The fourth-order valence-electron chi connectivity index (χ4n) is 9.22. The van der Waals surface area contributed by atoms with Gasteiger partial charge in [-0.05, 0) is 76.7 Å². The zero-order valence-corrected chi connectivity index (χ0v) is 26.4. The molecule has 45 heavy (non-hydrogen) atoms. The first-order valence-electron chi connectivity index (χ1n) is 15.8. The summed E-state index contributed by atoms with van der Waals surface area (Å²) in [5.74, 6) is -4.56. The molecule has 9 atom stereocenters. The Labute approximate surface area is 262 Å². The minimum absolute atomic E-state index is 0.0165. The number of rotatable bonds is 7. The monoisotopic (exact) mass is 623 g/mol. The predicted octanol–water partition coefficient (Wildman–Crippen LogP) is 4.04. The summed E-state index contributed by atoms with van der Waals surface area (Å²) >= 11 is 0. The van der Waals surface area contributed by atoms with E-state index in [0.717, 1.165) is 0 Å². The van der Waals surface area contributed by atoms with Crippen LogP contribution in [0.2, 0.25) is 0 Å². The van der Waals surface area contributed by atoms with Crippen LogP contribution in [0, 0.1) is 28.6 Å². The van der Waals surface area contributed by atoms with Crippen molar-refractivity contribution >= 4 is 23.4 Å². The van der Waals surface area contributed by atoms with Crippen molar-refractivity contribution in [3.05, 3.63) is 59.7 Å². The molecule has 4 fully saturated rings. The molecule has 10 heteroatoms. The van der Waals surface area contributed by atoms with Gasteiger partial charge in [0.15, 0.2) is 29.4 Å². The average Bonchev–Trinajstić information content (AvgIpc) is 3.41. The summed E-state index contributed by atoms with van der Waals surface area (Å²) in [7, 11) is 0. The van der Waals surface area contributed by atoms with Gasteiger partial charge in [0.2, 0.25) is 5.78 Å². The summed E-state index contributed by atoms with van der Waals surface area (Å²) in [4.78, 5) is 51.8. The number of hydrogen-bond donors (Lipinski definition) is 2. The Balaban J connectivity index is 1.22. The van der Waals surface area contributed by atoms with Crippen molar-refractivity contribution in [2.24, 2.45) is 28.6 Å². The summed E-state index contributed by atoms with van der Waals surface area (Å²) < 4.78 is 35.9. The zero-order valence-electron chi connectivity index (χ0n) is 26.4. The molecular formula is C35H42FNO8. The molecule has 242 valence electrons. The van der Waals surface area contributed by atoms with Gasteiger partial charge in [-0.1, -0.05) is 43.7 Å². The first-order chi connectivity index (χ1) is 21.1. The lowest BCUT2D eigenvalue weighted by atomic mass is 9.44. The second-order valence-corrected chi connectivity index (χ2v) is 14.4. The van der Waals surface area contributed by atoms with Crippen molar-refractivity contribution in [2.45, 2.75) is 89.6 Å². The number of nitrogens with one attached hydrogen (secondary N) is 1. The molecule has 5 aliphatic rings. The van der Waals surface area contributed by atoms with Crippen LogP contribution in [-0.2, 0) is 28.6 Å². The minimum Gasteiger partial charge on any atom is -0.457 e. The minimum atomic E-state index is -2.07. The van der Waals surface area contributed by atoms with Crippen LogP contribution >= 0.6 is 0 Å². The van der Waals surface area contributed by atoms with E-state index in [4.69, 9.17) is 14.2 Å². The Morgan fingerprint density at radius 3 is 2.56 bits per heavy atom. The van der Waals surface area contributed by atoms with Gasteiger partial charge < -0.3 is 24.6 Å². The van der Waals surface area contributed by atoms with Gasteiger partial charge in [-0.2, -0.15) is 0 Å². The predicted molar refractivity (Wildman–Crippen MR) is 160 cm³/mol. The number of carbonyl (C=O) groups excluding carboxylic acids is 4. The largest absolute Gasteiger partial charge is 0.457 e. The molecule has 0 aromatic heterocycles. The highest BCUT2D eigenvalue weighted by atomic mass is 19.1. The van der Waals surface area contributed by atoms with Crippen LogP contribution in [0.25, 0.3) is 0 Å². The van der Waals surface area contributed by atoms with Crippen LogP contribution in [0.3, 0.4) is 0 Å². The van der Waals surface area contributed by atoms with Crippen molar-refractivity contribution < 1.29 is 42.9 Å². The standard InChI is InChI=1S/C35H42FNO8/c1-20(18-37-29(41)21-9-7-6-8-10-21)30(42)43-19-27(40)35-28(44-31(2,3)45-35)16-25-24-12-11-22-15-23(38)13-14-32(22,4)34(24,36)26(39)17-33(25,35)5/h6-10,13-15,20,24-26,28,39H,11-12,16-19H2,1-5H3,(H,37,41)/t20-,24+,25+,26+,28-,32+,33+,34+,35-/m1/s1. The Kier molecular flexibility index (Phi) is 7.53. The summed E-state index contributed by atoms with van der Waals surface area (Å²) in [5, 5.41) is 14.4. The summed E-state index contributed by atoms with van der Waals surface area (Å²) in [6.45, 7) is 8.05. The third-order valence-corrected chi connectivity index (χ3v) is 11.4. The summed E-state index contributed by atoms with van der Waals surface area (Å²) in [6, 6.07) is 8.61. The number of Topliss-reactive ketones (excluding diaryl/α,β-unsaturated/α-hetero) is 1. The number of allylic oxidation sites excluding steroid dienone is 4. The molecule has 1 aromatic carbocycles. The van der Waals surface area contributed by atoms with Crippen molar-refractivity contribution in [1.29, 1.82) is 0 Å². The molecular weight excluding hydrogens is 581 g/mol. The molecule has 0 bridgehead atoms. The van der Waals surface area contributed by atoms with Crippen LogP contribution in [0.15, 0.2) is 54.1 Å². The van der Waals surface area contributed by atoms with Gasteiger partial charge in [0.25, 0.3) is 5.91 Å². The van der Waals surface area contributed by atoms with Gasteiger partial charge in [0.05, 0.1) is 18.1 Å². The highest BCUT2D eigenvalue weighted by Crippen LogP contribution is 2.72. The lowest BCUT2D eigenvalue weighted by Gasteiger charge is -2.62. The maximum atomic E-state index is 17.6. The topological polar surface area (TPSA) is 128 Å². The van der Waals surface area contributed by atoms with E-state index in [1.165, 1.54) is 12.2 Å². The molecule has 0 unspecified atom stereocenters. The Bertz CT molecular complexity index is 1490. The number of aliphatic hydroxyl groups is 1. The van der Waals surface area contributed by atoms with E-state index in [9.17, 15) is 24.3 Å². The molecule has 1 heterocycles. The van der Waals surface area contributed by atoms with E-state index >= 15 is 4.39 Å². The molecule has 0 radical (unpaired) electrons. The summed E-state index contributed by atoms with van der Waals surface area (Å²) in [5.41, 5.74) is -4.71. The molecule has 2 N–H and O–H groups in total. The fourth-order valence-corrected chi connectivity index (χ4v) is 9.22. The van der Waals surface area contributed by atoms with Gasteiger partial charge in [-0.25, -0.2) is 4.39 Å². The number of halogens is 1. The maximum absolute atomic E-state index is 17.6. The van der Waals surface area contributed by atoms with E-state index in [1.54, 1.807) is 64.1 Å². The molecule has 1 aromatic rings. The third-order valence-electron chi connectivity index (χ3n) is 11.4. The number of ether oxygens (including phenoxy) is 3. The second-order valence-electron chi connectivity index (χ2n) is 14.4. The van der Waals surface area contributed by atoms with E-state index in [-0.39, 0.29) is 30.6 Å². The smallest absolute Gasteiger partial charge is 0.310 e. The Morgan fingerprint density at radius 2 is 1.84 bits per heavy atom. The first kappa shape index (κ1) is 31.8. The van der Waals surface area contributed by atoms with E-state index in [0.29, 0.717) is 30.4 Å². The molecule has 4 aliphatic carbocycles. The number of esters is 1. The van der Waals surface area contributed by atoms with Crippen molar-refractivity contribution in [2.75, 3.05) is 13.2 Å². The number of ketones is 2. The molecule has 1 amide bonds. The summed E-state index contributed by atoms with van der Waals surface area (Å²) in [6.07, 6.45) is 3.42. The van der Waals surface area contributed by atoms with Gasteiger partial charge in [0.1, 0.15) is 0 Å².